The number of nitrogens with zero attached hydrogens (tertiary/aromatic N) is 1. The summed E-state index contributed by atoms with van der Waals surface area (Å²) in [5.41, 5.74) is 1.00. The molecule has 0 spiro atoms. The summed E-state index contributed by atoms with van der Waals surface area (Å²) in [6, 6.07) is 6.37. The molecular formula is C9H7IN2O2PY+2. The molecule has 0 saturated heterocycles. The minimum atomic E-state index is -0.110. The van der Waals surface area contributed by atoms with Crippen LogP contribution in [-0.2, 0) is 43.8 Å². The van der Waals surface area contributed by atoms with Gasteiger partial charge in [0, 0.05) is 9.47 Å². The Hall–Kier alpha value is 0.584. The van der Waals surface area contributed by atoms with Crippen molar-refractivity contribution in [2.75, 3.05) is 0 Å². The van der Waals surface area contributed by atoms with Gasteiger partial charge in [-0.3, -0.25) is 0 Å². The van der Waals surface area contributed by atoms with Gasteiger partial charge in [-0.15, -0.1) is 22.6 Å². The Labute approximate surface area is 133 Å². The molecule has 0 bridgehead atoms. The van der Waals surface area contributed by atoms with Crippen molar-refractivity contribution in [3.05, 3.63) is 37.7 Å². The third-order valence-corrected chi connectivity index (χ3v) is 2.99. The summed E-state index contributed by atoms with van der Waals surface area (Å²) in [5.74, 6) is 0. The topological polar surface area (TPSA) is 55.0 Å². The maximum absolute atomic E-state index is 11.9. The molecule has 0 aliphatic carbocycles. The fourth-order valence-corrected chi connectivity index (χ4v) is 2.02. The molecule has 1 atom stereocenters. The van der Waals surface area contributed by atoms with E-state index < -0.39 is 0 Å². The molecule has 0 radical (unpaired) electrons. The van der Waals surface area contributed by atoms with Gasteiger partial charge in [-0.25, -0.2) is 0 Å². The maximum atomic E-state index is 11.9. The molecule has 0 aliphatic heterocycles. The molecule has 2 rings (SSSR count). The van der Waals surface area contributed by atoms with Crippen molar-refractivity contribution in [2.45, 2.75) is 6.61 Å². The molecule has 0 saturated carbocycles. The first-order chi connectivity index (χ1) is 7.24. The molecule has 1 N–H and O–H groups in total. The summed E-state index contributed by atoms with van der Waals surface area (Å²) in [5, 5.41) is 7.40. The molecule has 4 nitrogen and oxygen atoms in total. The number of aromatic amines is 1. The van der Waals surface area contributed by atoms with E-state index in [2.05, 4.69) is 48.3 Å². The quantitative estimate of drug-likeness (QED) is 0.455. The van der Waals surface area contributed by atoms with Gasteiger partial charge in [-0.05, 0) is 5.52 Å². The van der Waals surface area contributed by atoms with Crippen LogP contribution < -0.4 is 5.43 Å². The minimum Gasteiger partial charge on any atom is -0.359 e. The first-order valence-electron chi connectivity index (χ1n) is 4.12. The van der Waals surface area contributed by atoms with Gasteiger partial charge in [0.1, 0.15) is 5.69 Å². The number of aromatic nitrogens is 2. The van der Waals surface area contributed by atoms with Crippen molar-refractivity contribution in [3.8, 4) is 0 Å². The largest absolute Gasteiger partial charge is 3.00 e. The van der Waals surface area contributed by atoms with Crippen LogP contribution in [-0.4, -0.2) is 10.2 Å². The Kier molecular flexibility index (Phi) is 5.95. The summed E-state index contributed by atoms with van der Waals surface area (Å²) >= 11 is 2.13. The Morgan fingerprint density at radius 2 is 2.31 bits per heavy atom. The fourth-order valence-electron chi connectivity index (χ4n) is 1.27. The zero-order valence-corrected chi connectivity index (χ0v) is 14.3. The Morgan fingerprint density at radius 1 is 1.56 bits per heavy atom. The van der Waals surface area contributed by atoms with Crippen LogP contribution >= 0.6 is 32.1 Å². The van der Waals surface area contributed by atoms with E-state index >= 15 is 0 Å². The predicted molar refractivity (Wildman–Crippen MR) is 68.4 cm³/mol. The molecular weight excluding hydrogens is 415 g/mol. The first kappa shape index (κ1) is 14.6. The van der Waals surface area contributed by atoms with Crippen LogP contribution in [0.15, 0.2) is 16.9 Å². The van der Waals surface area contributed by atoms with E-state index in [1.165, 1.54) is 0 Å². The van der Waals surface area contributed by atoms with Crippen LogP contribution in [0, 0.1) is 9.64 Å². The Bertz CT molecular complexity index is 561. The van der Waals surface area contributed by atoms with Gasteiger partial charge in [-0.2, -0.15) is 23.3 Å². The van der Waals surface area contributed by atoms with Crippen LogP contribution in [0.2, 0.25) is 0 Å². The minimum absolute atomic E-state index is 0. The van der Waals surface area contributed by atoms with E-state index in [0.717, 1.165) is 9.09 Å². The molecule has 1 aromatic heterocycles. The smallest absolute Gasteiger partial charge is 0.359 e. The second kappa shape index (κ2) is 6.50. The van der Waals surface area contributed by atoms with Crippen LogP contribution in [0.1, 0.15) is 5.69 Å². The molecule has 78 valence electrons. The number of nitrogens with one attached hydrogen (secondary N) is 1. The van der Waals surface area contributed by atoms with Gasteiger partial charge in [0.05, 0.1) is 6.61 Å². The second-order valence-corrected chi connectivity index (χ2v) is 4.40. The van der Waals surface area contributed by atoms with Crippen molar-refractivity contribution in [2.24, 2.45) is 0 Å². The van der Waals surface area contributed by atoms with Gasteiger partial charge < -0.3 is 14.4 Å². The number of hydrogen-bond acceptors (Lipinski definition) is 3. The van der Waals surface area contributed by atoms with E-state index in [0.29, 0.717) is 11.1 Å². The first-order valence-corrected chi connectivity index (χ1v) is 5.67. The summed E-state index contributed by atoms with van der Waals surface area (Å²) < 4.78 is 5.73. The molecule has 1 heterocycles. The normalized spacial score (nSPS) is 10.1. The summed E-state index contributed by atoms with van der Waals surface area (Å²) in [6.07, 6.45) is 0. The van der Waals surface area contributed by atoms with Crippen LogP contribution in [0.25, 0.3) is 10.9 Å². The number of H-pyrrole nitrogens is 1. The Morgan fingerprint density at radius 3 is 3.00 bits per heavy atom. The van der Waals surface area contributed by atoms with E-state index in [-0.39, 0.29) is 44.7 Å². The molecule has 2 aromatic rings. The standard InChI is InChI=1S/C9H7IN2O2P.Y/c10-6-3-1-2-5-8(6)12-11-7(4-14-15)9(5)13;/h2-3H,4,15H2,(H,12,13);/q-1;+3. The molecule has 1 unspecified atom stereocenters. The zero-order chi connectivity index (χ0) is 10.8. The monoisotopic (exact) mass is 422 g/mol. The SMILES string of the molecule is O=c1c(COP)n[nH]c2c(I)c[c-]cc12.[Y+3]. The van der Waals surface area contributed by atoms with Gasteiger partial charge in [-0.1, -0.05) is 8.96 Å². The molecule has 16 heavy (non-hydrogen) atoms. The number of rotatable bonds is 2. The third kappa shape index (κ3) is 2.88. The number of hydrogen-bond donors (Lipinski definition) is 1. The van der Waals surface area contributed by atoms with Gasteiger partial charge >= 0.3 is 32.7 Å². The van der Waals surface area contributed by atoms with Gasteiger partial charge in [0.2, 0.25) is 0 Å². The molecule has 0 aliphatic rings. The maximum Gasteiger partial charge on any atom is 3.00 e. The average Bonchev–Trinajstić information content (AvgIpc) is 2.23. The summed E-state index contributed by atoms with van der Waals surface area (Å²) in [7, 11) is 2.10. The van der Waals surface area contributed by atoms with E-state index in [4.69, 9.17) is 4.52 Å². The molecule has 7 heteroatoms. The second-order valence-electron chi connectivity index (χ2n) is 2.90. The van der Waals surface area contributed by atoms with E-state index in [9.17, 15) is 4.79 Å². The van der Waals surface area contributed by atoms with Gasteiger partial charge in [0.25, 0.3) is 0 Å². The van der Waals surface area contributed by atoms with Crippen LogP contribution in [0.4, 0.5) is 0 Å². The van der Waals surface area contributed by atoms with Crippen molar-refractivity contribution in [1.82, 2.24) is 10.2 Å². The summed E-state index contributed by atoms with van der Waals surface area (Å²) in [4.78, 5) is 11.9. The molecule has 0 fully saturated rings. The van der Waals surface area contributed by atoms with Crippen LogP contribution in [0.5, 0.6) is 0 Å². The van der Waals surface area contributed by atoms with Crippen LogP contribution in [0.3, 0.4) is 0 Å². The number of benzene rings is 1. The van der Waals surface area contributed by atoms with E-state index in [1.807, 2.05) is 0 Å². The van der Waals surface area contributed by atoms with Crippen molar-refractivity contribution < 1.29 is 37.2 Å². The number of fused-ring (bicyclic) bond motifs is 1. The van der Waals surface area contributed by atoms with Crippen molar-refractivity contribution in [3.63, 3.8) is 0 Å². The zero-order valence-electron chi connectivity index (χ0n) is 8.16. The Balaban J connectivity index is 0.00000128. The number of halogens is 1. The average molecular weight is 422 g/mol. The summed E-state index contributed by atoms with van der Waals surface area (Å²) in [6.45, 7) is 0.182. The molecule has 1 aromatic carbocycles. The fraction of sp³-hybridized carbons (Fsp3) is 0.111. The van der Waals surface area contributed by atoms with Gasteiger partial charge in [0.15, 0.2) is 5.43 Å². The van der Waals surface area contributed by atoms with Crippen molar-refractivity contribution >= 4 is 43.0 Å². The predicted octanol–water partition coefficient (Wildman–Crippen LogP) is 1.63. The van der Waals surface area contributed by atoms with Crippen molar-refractivity contribution in [1.29, 1.82) is 0 Å². The third-order valence-electron chi connectivity index (χ3n) is 1.98. The van der Waals surface area contributed by atoms with E-state index in [1.54, 1.807) is 12.1 Å². The molecule has 0 amide bonds.